The molecule has 21 heavy (non-hydrogen) atoms. The number of hydrogen-bond acceptors (Lipinski definition) is 5. The molecule has 4 nitrogen and oxygen atoms in total. The van der Waals surface area contributed by atoms with Crippen molar-refractivity contribution in [1.29, 1.82) is 5.26 Å². The molecule has 106 valence electrons. The van der Waals surface area contributed by atoms with Gasteiger partial charge in [0.25, 0.3) is 0 Å². The maximum absolute atomic E-state index is 12.2. The highest BCUT2D eigenvalue weighted by Gasteiger charge is 2.30. The van der Waals surface area contributed by atoms with Crippen molar-refractivity contribution in [3.63, 3.8) is 0 Å². The van der Waals surface area contributed by atoms with Crippen LogP contribution in [-0.2, 0) is 0 Å². The molecule has 0 N–H and O–H groups in total. The molecule has 0 aliphatic carbocycles. The molecule has 5 heteroatoms. The third-order valence-corrected chi connectivity index (χ3v) is 4.78. The van der Waals surface area contributed by atoms with E-state index in [1.54, 1.807) is 6.21 Å². The van der Waals surface area contributed by atoms with E-state index in [0.717, 1.165) is 24.4 Å². The zero-order chi connectivity index (χ0) is 14.7. The minimum absolute atomic E-state index is 0.0867. The molecular formula is C16H15N3OS. The van der Waals surface area contributed by atoms with Crippen molar-refractivity contribution in [2.24, 2.45) is 4.99 Å². The van der Waals surface area contributed by atoms with E-state index in [4.69, 9.17) is 0 Å². The lowest BCUT2D eigenvalue weighted by atomic mass is 10.2. The molecule has 1 saturated heterocycles. The van der Waals surface area contributed by atoms with E-state index in [9.17, 15) is 10.1 Å². The van der Waals surface area contributed by atoms with Crippen molar-refractivity contribution in [1.82, 2.24) is 4.90 Å². The van der Waals surface area contributed by atoms with Gasteiger partial charge in [-0.25, -0.2) is 0 Å². The van der Waals surface area contributed by atoms with Gasteiger partial charge >= 0.3 is 0 Å². The number of Topliss-reactive ketones (excluding diaryl/α,β-unsaturated/α-hetero) is 1. The first-order valence-corrected chi connectivity index (χ1v) is 7.93. The minimum atomic E-state index is 0.0867. The number of carbonyl (C=O) groups is 1. The lowest BCUT2D eigenvalue weighted by molar-refractivity contribution is 0.102. The van der Waals surface area contributed by atoms with E-state index >= 15 is 0 Å². The summed E-state index contributed by atoms with van der Waals surface area (Å²) in [4.78, 5) is 18.8. The quantitative estimate of drug-likeness (QED) is 0.802. The van der Waals surface area contributed by atoms with Crippen LogP contribution in [0, 0.1) is 11.3 Å². The summed E-state index contributed by atoms with van der Waals surface area (Å²) >= 11 is 1.45. The highest BCUT2D eigenvalue weighted by atomic mass is 32.2. The summed E-state index contributed by atoms with van der Waals surface area (Å²) in [5, 5.41) is 10.1. The van der Waals surface area contributed by atoms with Gasteiger partial charge in [0.1, 0.15) is 12.2 Å². The van der Waals surface area contributed by atoms with Gasteiger partial charge in [0.05, 0.1) is 16.4 Å². The van der Waals surface area contributed by atoms with E-state index in [0.29, 0.717) is 16.9 Å². The van der Waals surface area contributed by atoms with Crippen LogP contribution in [0.4, 0.5) is 0 Å². The zero-order valence-electron chi connectivity index (χ0n) is 11.5. The summed E-state index contributed by atoms with van der Waals surface area (Å²) in [6.45, 7) is 0.912. The van der Waals surface area contributed by atoms with Crippen LogP contribution >= 0.6 is 11.8 Å². The molecule has 0 saturated carbocycles. The third-order valence-electron chi connectivity index (χ3n) is 3.64. The molecule has 0 unspecified atom stereocenters. The number of nitrogens with zero attached hydrogens (tertiary/aromatic N) is 3. The smallest absolute Gasteiger partial charge is 0.173 e. The van der Waals surface area contributed by atoms with Crippen molar-refractivity contribution in [3.8, 4) is 6.07 Å². The van der Waals surface area contributed by atoms with Crippen LogP contribution in [0.2, 0.25) is 0 Å². The number of benzene rings is 1. The monoisotopic (exact) mass is 297 g/mol. The predicted octanol–water partition coefficient (Wildman–Crippen LogP) is 2.84. The predicted molar refractivity (Wildman–Crippen MR) is 84.1 cm³/mol. The molecule has 1 atom stereocenters. The zero-order valence-corrected chi connectivity index (χ0v) is 12.3. The van der Waals surface area contributed by atoms with E-state index in [1.807, 2.05) is 30.3 Å². The van der Waals surface area contributed by atoms with Gasteiger partial charge in [0.2, 0.25) is 0 Å². The number of thioether (sulfide) groups is 1. The number of nitriles is 1. The van der Waals surface area contributed by atoms with Gasteiger partial charge in [-0.05, 0) is 12.8 Å². The van der Waals surface area contributed by atoms with Crippen molar-refractivity contribution in [2.45, 2.75) is 19.0 Å². The fourth-order valence-electron chi connectivity index (χ4n) is 2.59. The highest BCUT2D eigenvalue weighted by Crippen LogP contribution is 2.34. The summed E-state index contributed by atoms with van der Waals surface area (Å²) in [5.41, 5.74) is 1.28. The lowest BCUT2D eigenvalue weighted by Crippen LogP contribution is -2.30. The SMILES string of the molecule is N#CC1=C(SCC(=O)c2ccccc2)N2CCC[C@H]2N=C1. The fourth-order valence-corrected chi connectivity index (χ4v) is 3.66. The summed E-state index contributed by atoms with van der Waals surface area (Å²) < 4.78 is 0. The van der Waals surface area contributed by atoms with Crippen molar-refractivity contribution in [3.05, 3.63) is 46.5 Å². The molecule has 1 aromatic carbocycles. The molecule has 2 aliphatic rings. The Labute approximate surface area is 128 Å². The molecule has 0 bridgehead atoms. The molecule has 1 aromatic rings. The van der Waals surface area contributed by atoms with Gasteiger partial charge in [-0.2, -0.15) is 5.26 Å². The Bertz CT molecular complexity index is 645. The number of fused-ring (bicyclic) bond motifs is 1. The Morgan fingerprint density at radius 2 is 2.24 bits per heavy atom. The van der Waals surface area contributed by atoms with Crippen LogP contribution in [-0.4, -0.2) is 35.4 Å². The Morgan fingerprint density at radius 3 is 3.00 bits per heavy atom. The van der Waals surface area contributed by atoms with Crippen LogP contribution in [0.5, 0.6) is 0 Å². The third kappa shape index (κ3) is 2.86. The van der Waals surface area contributed by atoms with Crippen LogP contribution in [0.15, 0.2) is 45.9 Å². The maximum Gasteiger partial charge on any atom is 0.173 e. The average molecular weight is 297 g/mol. The number of hydrogen-bond donors (Lipinski definition) is 0. The van der Waals surface area contributed by atoms with Gasteiger partial charge in [0.15, 0.2) is 5.78 Å². The topological polar surface area (TPSA) is 56.5 Å². The second-order valence-electron chi connectivity index (χ2n) is 5.00. The first-order valence-electron chi connectivity index (χ1n) is 6.95. The van der Waals surface area contributed by atoms with Gasteiger partial charge in [-0.3, -0.25) is 9.79 Å². The Morgan fingerprint density at radius 1 is 1.43 bits per heavy atom. The number of aliphatic imine (C=N–C) groups is 1. The van der Waals surface area contributed by atoms with Crippen LogP contribution in [0.3, 0.4) is 0 Å². The number of rotatable bonds is 4. The molecule has 0 spiro atoms. The van der Waals surface area contributed by atoms with Gasteiger partial charge in [-0.15, -0.1) is 0 Å². The average Bonchev–Trinajstić information content (AvgIpc) is 3.01. The van der Waals surface area contributed by atoms with Gasteiger partial charge in [-0.1, -0.05) is 42.1 Å². The molecule has 0 radical (unpaired) electrons. The molecule has 1 fully saturated rings. The molecule has 0 aromatic heterocycles. The largest absolute Gasteiger partial charge is 0.343 e. The minimum Gasteiger partial charge on any atom is -0.343 e. The van der Waals surface area contributed by atoms with Gasteiger partial charge in [0, 0.05) is 18.3 Å². The van der Waals surface area contributed by atoms with E-state index in [1.165, 1.54) is 11.8 Å². The molecule has 2 aliphatic heterocycles. The summed E-state index contributed by atoms with van der Waals surface area (Å²) in [5.74, 6) is 0.436. The van der Waals surface area contributed by atoms with E-state index in [-0.39, 0.29) is 11.9 Å². The van der Waals surface area contributed by atoms with Crippen LogP contribution < -0.4 is 0 Å². The number of carbonyl (C=O) groups excluding carboxylic acids is 1. The second kappa shape index (κ2) is 6.15. The standard InChI is InChI=1S/C16H15N3OS/c17-9-13-10-18-15-7-4-8-19(15)16(13)21-11-14(20)12-5-2-1-3-6-12/h1-3,5-6,10,15H,4,7-8,11H2/t15-/m0/s1. The number of ketones is 1. The molecule has 3 rings (SSSR count). The van der Waals surface area contributed by atoms with E-state index in [2.05, 4.69) is 16.0 Å². The van der Waals surface area contributed by atoms with Crippen molar-refractivity contribution in [2.75, 3.05) is 12.3 Å². The highest BCUT2D eigenvalue weighted by molar-refractivity contribution is 8.03. The maximum atomic E-state index is 12.2. The van der Waals surface area contributed by atoms with Crippen molar-refractivity contribution >= 4 is 23.8 Å². The lowest BCUT2D eigenvalue weighted by Gasteiger charge is -2.29. The van der Waals surface area contributed by atoms with Crippen LogP contribution in [0.25, 0.3) is 0 Å². The Hall–Kier alpha value is -2.06. The normalized spacial score (nSPS) is 20.3. The summed E-state index contributed by atoms with van der Waals surface area (Å²) in [6, 6.07) is 11.5. The fraction of sp³-hybridized carbons (Fsp3) is 0.312. The Balaban J connectivity index is 1.74. The van der Waals surface area contributed by atoms with E-state index < -0.39 is 0 Å². The Kier molecular flexibility index (Phi) is 4.07. The number of allylic oxidation sites excluding steroid dienone is 1. The van der Waals surface area contributed by atoms with Gasteiger partial charge < -0.3 is 4.90 Å². The molecular weight excluding hydrogens is 282 g/mol. The molecule has 2 heterocycles. The molecule has 0 amide bonds. The summed E-state index contributed by atoms with van der Waals surface area (Å²) in [6.07, 6.45) is 3.90. The second-order valence-corrected chi connectivity index (χ2v) is 5.97. The summed E-state index contributed by atoms with van der Waals surface area (Å²) in [7, 11) is 0. The first-order chi connectivity index (χ1) is 10.3. The first kappa shape index (κ1) is 13.9. The van der Waals surface area contributed by atoms with Crippen LogP contribution in [0.1, 0.15) is 23.2 Å². The van der Waals surface area contributed by atoms with Crippen molar-refractivity contribution < 1.29 is 4.79 Å².